The molecule has 0 spiro atoms. The van der Waals surface area contributed by atoms with Crippen LogP contribution in [-0.4, -0.2) is 24.9 Å². The summed E-state index contributed by atoms with van der Waals surface area (Å²) in [6.45, 7) is 12.1. The first-order chi connectivity index (χ1) is 12.3. The minimum Gasteiger partial charge on any atom is -0.400 e. The van der Waals surface area contributed by atoms with Crippen molar-refractivity contribution in [2.75, 3.05) is 6.61 Å². The predicted molar refractivity (Wildman–Crippen MR) is 109 cm³/mol. The zero-order valence-corrected chi connectivity index (χ0v) is 17.2. The van der Waals surface area contributed by atoms with Gasteiger partial charge in [-0.05, 0) is 58.9 Å². The van der Waals surface area contributed by atoms with Crippen LogP contribution in [0.5, 0.6) is 0 Å². The van der Waals surface area contributed by atoms with E-state index in [1.165, 1.54) is 11.1 Å². The van der Waals surface area contributed by atoms with Crippen LogP contribution in [0.4, 0.5) is 0 Å². The van der Waals surface area contributed by atoms with Gasteiger partial charge < -0.3 is 14.0 Å². The van der Waals surface area contributed by atoms with Gasteiger partial charge in [-0.2, -0.15) is 0 Å². The standard InChI is InChI=1S/C22H35BO3/c1-6-12-19(17-23-25-21(2,3)22(4,5)26-23)13-10-11-16-24-18-20-14-8-7-9-15-20/h7-9,14-15,17H,6,10-13,16,18H2,1-5H3/b19-17+. The fourth-order valence-electron chi connectivity index (χ4n) is 3.08. The molecule has 1 fully saturated rings. The number of allylic oxidation sites excluding steroid dienone is 1. The van der Waals surface area contributed by atoms with Gasteiger partial charge in [0.15, 0.2) is 0 Å². The molecule has 0 atom stereocenters. The summed E-state index contributed by atoms with van der Waals surface area (Å²) in [6, 6.07) is 10.3. The van der Waals surface area contributed by atoms with Gasteiger partial charge in [-0.25, -0.2) is 0 Å². The molecular weight excluding hydrogens is 323 g/mol. The molecule has 0 unspecified atom stereocenters. The average molecular weight is 358 g/mol. The van der Waals surface area contributed by atoms with Crippen molar-refractivity contribution in [2.24, 2.45) is 0 Å². The quantitative estimate of drug-likeness (QED) is 0.395. The molecule has 0 aliphatic carbocycles. The number of hydrogen-bond donors (Lipinski definition) is 0. The van der Waals surface area contributed by atoms with E-state index < -0.39 is 0 Å². The van der Waals surface area contributed by atoms with Crippen LogP contribution >= 0.6 is 0 Å². The molecule has 0 aromatic heterocycles. The Labute approximate surface area is 160 Å². The van der Waals surface area contributed by atoms with Gasteiger partial charge in [0.25, 0.3) is 0 Å². The summed E-state index contributed by atoms with van der Waals surface area (Å²) in [5.41, 5.74) is 2.14. The molecule has 26 heavy (non-hydrogen) atoms. The summed E-state index contributed by atoms with van der Waals surface area (Å²) in [4.78, 5) is 0. The van der Waals surface area contributed by atoms with Gasteiger partial charge in [0.05, 0.1) is 17.8 Å². The topological polar surface area (TPSA) is 27.7 Å². The van der Waals surface area contributed by atoms with Gasteiger partial charge in [0.1, 0.15) is 0 Å². The highest BCUT2D eigenvalue weighted by Gasteiger charge is 2.50. The number of unbranched alkanes of at least 4 members (excludes halogenated alkanes) is 1. The molecule has 1 heterocycles. The first-order valence-corrected chi connectivity index (χ1v) is 10.0. The van der Waals surface area contributed by atoms with Crippen molar-refractivity contribution in [1.82, 2.24) is 0 Å². The predicted octanol–water partition coefficient (Wildman–Crippen LogP) is 5.73. The van der Waals surface area contributed by atoms with Gasteiger partial charge in [0.2, 0.25) is 0 Å². The van der Waals surface area contributed by atoms with Crippen molar-refractivity contribution in [2.45, 2.75) is 84.5 Å². The second-order valence-corrected chi connectivity index (χ2v) is 8.19. The lowest BCUT2D eigenvalue weighted by atomic mass is 9.84. The first-order valence-electron chi connectivity index (χ1n) is 10.0. The molecular formula is C22H35BO3. The van der Waals surface area contributed by atoms with Crippen molar-refractivity contribution >= 4 is 7.12 Å². The van der Waals surface area contributed by atoms with Crippen LogP contribution in [0.25, 0.3) is 0 Å². The molecule has 4 heteroatoms. The fraction of sp³-hybridized carbons (Fsp3) is 0.636. The Morgan fingerprint density at radius 1 is 1.00 bits per heavy atom. The summed E-state index contributed by atoms with van der Waals surface area (Å²) in [5, 5.41) is 0. The Balaban J connectivity index is 1.72. The third-order valence-electron chi connectivity index (χ3n) is 5.36. The monoisotopic (exact) mass is 358 g/mol. The SMILES string of the molecule is CCC/C(=C\B1OC(C)(C)C(C)(C)O1)CCCCOCc1ccccc1. The van der Waals surface area contributed by atoms with Crippen molar-refractivity contribution in [1.29, 1.82) is 0 Å². The summed E-state index contributed by atoms with van der Waals surface area (Å²) < 4.78 is 18.0. The molecule has 1 aromatic carbocycles. The van der Waals surface area contributed by atoms with Crippen LogP contribution in [0.1, 0.15) is 72.3 Å². The Hall–Kier alpha value is -1.10. The van der Waals surface area contributed by atoms with Gasteiger partial charge in [0, 0.05) is 6.61 Å². The maximum Gasteiger partial charge on any atom is 0.487 e. The molecule has 1 aliphatic rings. The van der Waals surface area contributed by atoms with E-state index in [0.29, 0.717) is 6.61 Å². The van der Waals surface area contributed by atoms with Gasteiger partial charge >= 0.3 is 7.12 Å². The number of ether oxygens (including phenoxy) is 1. The molecule has 1 aliphatic heterocycles. The van der Waals surface area contributed by atoms with Crippen LogP contribution in [-0.2, 0) is 20.7 Å². The molecule has 0 amide bonds. The lowest BCUT2D eigenvalue weighted by Crippen LogP contribution is -2.41. The van der Waals surface area contributed by atoms with E-state index in [1.807, 2.05) is 6.07 Å². The lowest BCUT2D eigenvalue weighted by molar-refractivity contribution is 0.00578. The third-order valence-corrected chi connectivity index (χ3v) is 5.36. The second-order valence-electron chi connectivity index (χ2n) is 8.19. The Kier molecular flexibility index (Phi) is 7.94. The Bertz CT molecular complexity index is 550. The van der Waals surface area contributed by atoms with E-state index in [-0.39, 0.29) is 18.3 Å². The summed E-state index contributed by atoms with van der Waals surface area (Å²) in [5.74, 6) is 2.20. The minimum atomic E-state index is -0.267. The highest BCUT2D eigenvalue weighted by Crippen LogP contribution is 2.37. The Morgan fingerprint density at radius 2 is 1.65 bits per heavy atom. The van der Waals surface area contributed by atoms with Crippen LogP contribution in [0.15, 0.2) is 41.9 Å². The molecule has 3 nitrogen and oxygen atoms in total. The average Bonchev–Trinajstić information content (AvgIpc) is 2.78. The smallest absolute Gasteiger partial charge is 0.400 e. The van der Waals surface area contributed by atoms with E-state index in [0.717, 1.165) is 38.7 Å². The van der Waals surface area contributed by atoms with Crippen molar-refractivity contribution in [3.05, 3.63) is 47.4 Å². The highest BCUT2D eigenvalue weighted by atomic mass is 16.7. The lowest BCUT2D eigenvalue weighted by Gasteiger charge is -2.32. The maximum absolute atomic E-state index is 6.11. The van der Waals surface area contributed by atoms with Gasteiger partial charge in [-0.1, -0.05) is 55.2 Å². The van der Waals surface area contributed by atoms with E-state index in [4.69, 9.17) is 14.0 Å². The molecule has 0 N–H and O–H groups in total. The van der Waals surface area contributed by atoms with E-state index in [9.17, 15) is 0 Å². The molecule has 144 valence electrons. The summed E-state index contributed by atoms with van der Waals surface area (Å²) in [6.07, 6.45) is 5.56. The molecule has 0 radical (unpaired) electrons. The van der Waals surface area contributed by atoms with Crippen molar-refractivity contribution < 1.29 is 14.0 Å². The van der Waals surface area contributed by atoms with E-state index >= 15 is 0 Å². The maximum atomic E-state index is 6.11. The summed E-state index contributed by atoms with van der Waals surface area (Å²) >= 11 is 0. The van der Waals surface area contributed by atoms with E-state index in [1.54, 1.807) is 0 Å². The van der Waals surface area contributed by atoms with E-state index in [2.05, 4.69) is 64.9 Å². The molecule has 0 bridgehead atoms. The molecule has 1 aromatic rings. The zero-order valence-electron chi connectivity index (χ0n) is 17.2. The molecule has 2 rings (SSSR count). The molecule has 1 saturated heterocycles. The number of rotatable bonds is 10. The molecule has 0 saturated carbocycles. The van der Waals surface area contributed by atoms with Crippen LogP contribution in [0.3, 0.4) is 0 Å². The Morgan fingerprint density at radius 3 is 2.27 bits per heavy atom. The van der Waals surface area contributed by atoms with Crippen molar-refractivity contribution in [3.63, 3.8) is 0 Å². The second kappa shape index (κ2) is 9.73. The highest BCUT2D eigenvalue weighted by molar-refractivity contribution is 6.51. The summed E-state index contributed by atoms with van der Waals surface area (Å²) in [7, 11) is -0.226. The largest absolute Gasteiger partial charge is 0.487 e. The minimum absolute atomic E-state index is 0.226. The number of benzene rings is 1. The number of hydrogen-bond acceptors (Lipinski definition) is 3. The van der Waals surface area contributed by atoms with Crippen LogP contribution in [0, 0.1) is 0 Å². The van der Waals surface area contributed by atoms with Gasteiger partial charge in [-0.15, -0.1) is 0 Å². The van der Waals surface area contributed by atoms with Crippen LogP contribution < -0.4 is 0 Å². The van der Waals surface area contributed by atoms with Gasteiger partial charge in [-0.3, -0.25) is 0 Å². The zero-order chi connectivity index (χ0) is 19.0. The normalized spacial score (nSPS) is 19.1. The first kappa shape index (κ1) is 21.2. The van der Waals surface area contributed by atoms with Crippen LogP contribution in [0.2, 0.25) is 0 Å². The third kappa shape index (κ3) is 6.26. The van der Waals surface area contributed by atoms with Crippen molar-refractivity contribution in [3.8, 4) is 0 Å². The fourth-order valence-corrected chi connectivity index (χ4v) is 3.08.